The maximum atomic E-state index is 13.1. The molecule has 1 amide bonds. The van der Waals surface area contributed by atoms with Crippen molar-refractivity contribution >= 4 is 42.6 Å². The van der Waals surface area contributed by atoms with Crippen LogP contribution in [0, 0.1) is 11.8 Å². The van der Waals surface area contributed by atoms with Crippen LogP contribution in [-0.2, 0) is 18.8 Å². The number of aliphatic hydroxyl groups excluding tert-OH is 1. The van der Waals surface area contributed by atoms with Gasteiger partial charge in [-0.2, -0.15) is 0 Å². The lowest BCUT2D eigenvalue weighted by molar-refractivity contribution is -0.159. The first-order chi connectivity index (χ1) is 18.1. The van der Waals surface area contributed by atoms with Crippen LogP contribution < -0.4 is 0 Å². The van der Waals surface area contributed by atoms with Crippen molar-refractivity contribution in [2.75, 3.05) is 19.1 Å². The number of carbonyl (C=O) groups is 2. The molecule has 1 aromatic carbocycles. The van der Waals surface area contributed by atoms with E-state index in [9.17, 15) is 24.2 Å². The Bertz CT molecular complexity index is 982. The van der Waals surface area contributed by atoms with E-state index in [1.54, 1.807) is 25.1 Å². The van der Waals surface area contributed by atoms with Crippen molar-refractivity contribution in [3.8, 4) is 0 Å². The molecule has 0 aromatic heterocycles. The van der Waals surface area contributed by atoms with Gasteiger partial charge in [0.2, 0.25) is 14.2 Å². The number of amides is 1. The van der Waals surface area contributed by atoms with E-state index in [4.69, 9.17) is 32.7 Å². The van der Waals surface area contributed by atoms with E-state index >= 15 is 0 Å². The van der Waals surface area contributed by atoms with Gasteiger partial charge in [-0.15, -0.1) is 0 Å². The standard InChI is InChI=1S/C27H40Cl2NO7P/c1-19(22-12-13-23(28)24(29)16-22)30(27(33)37-18-36-26(32)21-10-6-3-7-11-21)25(31)14-15-38(34,35)17-20-8-4-2-5-9-20/h12-13,16,19-21,25,31H,2-11,14-15,17-18H2,1H3,(H,34,35)/t19-,25?/m1/s1. The van der Waals surface area contributed by atoms with Gasteiger partial charge in [-0.3, -0.25) is 14.3 Å². The van der Waals surface area contributed by atoms with Gasteiger partial charge in [0.25, 0.3) is 0 Å². The first kappa shape index (κ1) is 31.2. The van der Waals surface area contributed by atoms with E-state index in [0.717, 1.165) is 69.1 Å². The van der Waals surface area contributed by atoms with Crippen molar-refractivity contribution in [3.05, 3.63) is 33.8 Å². The molecule has 0 spiro atoms. The van der Waals surface area contributed by atoms with Crippen molar-refractivity contribution in [3.63, 3.8) is 0 Å². The van der Waals surface area contributed by atoms with Gasteiger partial charge >= 0.3 is 12.1 Å². The number of esters is 1. The Kier molecular flexibility index (Phi) is 12.2. The second-order valence-corrected chi connectivity index (χ2v) is 13.9. The molecule has 2 aliphatic carbocycles. The summed E-state index contributed by atoms with van der Waals surface area (Å²) in [5, 5.41) is 11.7. The van der Waals surface area contributed by atoms with Crippen LogP contribution in [0.3, 0.4) is 0 Å². The fraction of sp³-hybridized carbons (Fsp3) is 0.704. The minimum atomic E-state index is -3.50. The fourth-order valence-corrected chi connectivity index (χ4v) is 7.76. The third-order valence-corrected chi connectivity index (χ3v) is 10.5. The monoisotopic (exact) mass is 591 g/mol. The Morgan fingerprint density at radius 2 is 1.66 bits per heavy atom. The highest BCUT2D eigenvalue weighted by Gasteiger charge is 2.33. The van der Waals surface area contributed by atoms with Gasteiger partial charge in [-0.05, 0) is 56.2 Å². The normalized spacial score (nSPS) is 20.2. The molecular formula is C27H40Cl2NO7P. The Hall–Kier alpha value is -1.31. The largest absolute Gasteiger partial charge is 0.428 e. The number of aliphatic hydroxyl groups is 1. The van der Waals surface area contributed by atoms with Crippen LogP contribution in [0.15, 0.2) is 18.2 Å². The molecule has 0 saturated heterocycles. The van der Waals surface area contributed by atoms with Crippen LogP contribution in [0.25, 0.3) is 0 Å². The number of nitrogens with zero attached hydrogens (tertiary/aromatic N) is 1. The van der Waals surface area contributed by atoms with Crippen LogP contribution >= 0.6 is 30.6 Å². The van der Waals surface area contributed by atoms with Gasteiger partial charge < -0.3 is 19.5 Å². The maximum absolute atomic E-state index is 13.1. The van der Waals surface area contributed by atoms with Gasteiger partial charge in [0, 0.05) is 18.7 Å². The molecule has 0 bridgehead atoms. The molecule has 0 aliphatic heterocycles. The Labute approximate surface area is 235 Å². The van der Waals surface area contributed by atoms with E-state index in [1.807, 2.05) is 0 Å². The molecule has 3 rings (SSSR count). The predicted octanol–water partition coefficient (Wildman–Crippen LogP) is 7.13. The molecule has 0 radical (unpaired) electrons. The molecule has 2 unspecified atom stereocenters. The molecule has 2 aliphatic rings. The van der Waals surface area contributed by atoms with E-state index in [0.29, 0.717) is 10.6 Å². The highest BCUT2D eigenvalue weighted by molar-refractivity contribution is 7.58. The highest BCUT2D eigenvalue weighted by atomic mass is 35.5. The van der Waals surface area contributed by atoms with Crippen LogP contribution in [0.2, 0.25) is 10.0 Å². The van der Waals surface area contributed by atoms with Crippen molar-refractivity contribution < 1.29 is 33.6 Å². The second kappa shape index (κ2) is 14.9. The molecule has 8 nitrogen and oxygen atoms in total. The smallest absolute Gasteiger partial charge is 0.415 e. The van der Waals surface area contributed by atoms with Crippen molar-refractivity contribution in [1.29, 1.82) is 0 Å². The lowest BCUT2D eigenvalue weighted by Crippen LogP contribution is -2.43. The number of carbonyl (C=O) groups excluding carboxylic acids is 2. The molecule has 3 atom stereocenters. The zero-order valence-corrected chi connectivity index (χ0v) is 24.4. The molecule has 2 fully saturated rings. The van der Waals surface area contributed by atoms with Gasteiger partial charge in [0.05, 0.1) is 22.0 Å². The van der Waals surface area contributed by atoms with Crippen LogP contribution in [0.4, 0.5) is 4.79 Å². The Balaban J connectivity index is 1.64. The summed E-state index contributed by atoms with van der Waals surface area (Å²) in [5.74, 6) is -0.375. The van der Waals surface area contributed by atoms with Crippen LogP contribution in [0.5, 0.6) is 0 Å². The van der Waals surface area contributed by atoms with E-state index in [1.165, 1.54) is 0 Å². The van der Waals surface area contributed by atoms with Crippen molar-refractivity contribution in [2.45, 2.75) is 89.8 Å². The lowest BCUT2D eigenvalue weighted by Gasteiger charge is -2.33. The molecule has 38 heavy (non-hydrogen) atoms. The van der Waals surface area contributed by atoms with Crippen LogP contribution in [0.1, 0.15) is 89.2 Å². The summed E-state index contributed by atoms with van der Waals surface area (Å²) in [6, 6.07) is 4.14. The minimum absolute atomic E-state index is 0.108. The topological polar surface area (TPSA) is 113 Å². The summed E-state index contributed by atoms with van der Waals surface area (Å²) in [6.45, 7) is 1.10. The van der Waals surface area contributed by atoms with E-state index in [2.05, 4.69) is 0 Å². The maximum Gasteiger partial charge on any atom is 0.415 e. The first-order valence-corrected chi connectivity index (χ1v) is 16.4. The van der Waals surface area contributed by atoms with E-state index < -0.39 is 38.5 Å². The Morgan fingerprint density at radius 1 is 1.03 bits per heavy atom. The summed E-state index contributed by atoms with van der Waals surface area (Å²) in [4.78, 5) is 37.1. The quantitative estimate of drug-likeness (QED) is 0.160. The third-order valence-electron chi connectivity index (χ3n) is 7.70. The molecule has 214 valence electrons. The SMILES string of the molecule is C[C@H](c1ccc(Cl)c(Cl)c1)N(C(=O)OCOC(=O)C1CCCCC1)C(O)CCP(=O)(O)CC1CCCCC1. The summed E-state index contributed by atoms with van der Waals surface area (Å²) < 4.78 is 23.3. The average Bonchev–Trinajstić information content (AvgIpc) is 2.90. The van der Waals surface area contributed by atoms with Crippen molar-refractivity contribution in [2.24, 2.45) is 11.8 Å². The van der Waals surface area contributed by atoms with Crippen molar-refractivity contribution in [1.82, 2.24) is 4.90 Å². The molecule has 11 heteroatoms. The number of hydrogen-bond acceptors (Lipinski definition) is 6. The minimum Gasteiger partial charge on any atom is -0.428 e. The summed E-state index contributed by atoms with van der Waals surface area (Å²) in [5.41, 5.74) is 0.587. The second-order valence-electron chi connectivity index (χ2n) is 10.6. The number of halogens is 2. The molecule has 2 saturated carbocycles. The van der Waals surface area contributed by atoms with Gasteiger partial charge in [0.15, 0.2) is 0 Å². The predicted molar refractivity (Wildman–Crippen MR) is 147 cm³/mol. The summed E-state index contributed by atoms with van der Waals surface area (Å²) >= 11 is 12.2. The van der Waals surface area contributed by atoms with E-state index in [-0.39, 0.29) is 35.6 Å². The van der Waals surface area contributed by atoms with Gasteiger partial charge in [0.1, 0.15) is 6.23 Å². The lowest BCUT2D eigenvalue weighted by atomic mass is 9.89. The third kappa shape index (κ3) is 9.41. The number of rotatable bonds is 11. The van der Waals surface area contributed by atoms with Gasteiger partial charge in [-0.1, -0.05) is 67.8 Å². The first-order valence-electron chi connectivity index (χ1n) is 13.6. The molecule has 0 heterocycles. The number of hydrogen-bond donors (Lipinski definition) is 2. The highest BCUT2D eigenvalue weighted by Crippen LogP contribution is 2.46. The Morgan fingerprint density at radius 3 is 2.29 bits per heavy atom. The summed E-state index contributed by atoms with van der Waals surface area (Å²) in [6.07, 6.45) is 7.41. The number of ether oxygens (including phenoxy) is 2. The van der Waals surface area contributed by atoms with Gasteiger partial charge in [-0.25, -0.2) is 4.79 Å². The number of benzene rings is 1. The van der Waals surface area contributed by atoms with Crippen LogP contribution in [-0.4, -0.2) is 52.3 Å². The molecule has 2 N–H and O–H groups in total. The average molecular weight is 592 g/mol. The zero-order valence-electron chi connectivity index (χ0n) is 22.0. The fourth-order valence-electron chi connectivity index (χ4n) is 5.46. The summed E-state index contributed by atoms with van der Waals surface area (Å²) in [7, 11) is -3.50. The molecule has 1 aromatic rings. The molecular weight excluding hydrogens is 552 g/mol. The zero-order chi connectivity index (χ0) is 27.7.